The van der Waals surface area contributed by atoms with E-state index in [0.29, 0.717) is 45.3 Å². The number of phenolic OH excluding ortho intramolecular Hbond substituents is 1. The van der Waals surface area contributed by atoms with Crippen LogP contribution in [0, 0.1) is 5.92 Å². The van der Waals surface area contributed by atoms with E-state index in [1.54, 1.807) is 18.2 Å². The molecule has 0 aromatic heterocycles. The van der Waals surface area contributed by atoms with Crippen molar-refractivity contribution in [3.63, 3.8) is 0 Å². The van der Waals surface area contributed by atoms with Crippen LogP contribution in [0.3, 0.4) is 0 Å². The van der Waals surface area contributed by atoms with Crippen molar-refractivity contribution in [3.8, 4) is 5.75 Å². The molecule has 7 heteroatoms. The van der Waals surface area contributed by atoms with Gasteiger partial charge in [-0.25, -0.2) is 0 Å². The highest BCUT2D eigenvalue weighted by Gasteiger charge is 2.49. The van der Waals surface area contributed by atoms with Crippen LogP contribution < -0.4 is 5.32 Å². The molecule has 0 bridgehead atoms. The number of piperidine rings is 1. The largest absolute Gasteiger partial charge is 0.508 e. The average Bonchev–Trinajstić information content (AvgIpc) is 3.33. The van der Waals surface area contributed by atoms with Gasteiger partial charge in [-0.15, -0.1) is 0 Å². The molecule has 3 amide bonds. The van der Waals surface area contributed by atoms with Gasteiger partial charge >= 0.3 is 0 Å². The molecule has 2 atom stereocenters. The molecule has 3 fully saturated rings. The van der Waals surface area contributed by atoms with Gasteiger partial charge in [0.2, 0.25) is 17.7 Å². The van der Waals surface area contributed by atoms with Gasteiger partial charge in [-0.2, -0.15) is 0 Å². The molecule has 3 saturated heterocycles. The number of phenols is 1. The van der Waals surface area contributed by atoms with E-state index in [-0.39, 0.29) is 34.9 Å². The first-order chi connectivity index (χ1) is 14.0. The summed E-state index contributed by atoms with van der Waals surface area (Å²) in [6.07, 6.45) is 4.78. The minimum Gasteiger partial charge on any atom is -0.508 e. The topological polar surface area (TPSA) is 90.0 Å². The Morgan fingerprint density at radius 1 is 1.24 bits per heavy atom. The van der Waals surface area contributed by atoms with Gasteiger partial charge in [0, 0.05) is 39.0 Å². The Morgan fingerprint density at radius 2 is 2.10 bits per heavy atom. The van der Waals surface area contributed by atoms with E-state index in [2.05, 4.69) is 5.32 Å². The Kier molecular flexibility index (Phi) is 5.48. The Balaban J connectivity index is 1.36. The van der Waals surface area contributed by atoms with E-state index in [1.165, 1.54) is 0 Å². The lowest BCUT2D eigenvalue weighted by atomic mass is 9.94. The lowest BCUT2D eigenvalue weighted by Crippen LogP contribution is -2.51. The molecule has 3 aliphatic rings. The molecule has 4 rings (SSSR count). The number of amides is 3. The Labute approximate surface area is 171 Å². The first-order valence-electron chi connectivity index (χ1n) is 10.6. The lowest BCUT2D eigenvalue weighted by molar-refractivity contribution is -0.139. The van der Waals surface area contributed by atoms with Crippen molar-refractivity contribution in [2.75, 3.05) is 26.2 Å². The number of carbonyl (C=O) groups excluding carboxylic acids is 3. The summed E-state index contributed by atoms with van der Waals surface area (Å²) in [7, 11) is 0. The third-order valence-electron chi connectivity index (χ3n) is 6.69. The second-order valence-corrected chi connectivity index (χ2v) is 8.59. The van der Waals surface area contributed by atoms with Gasteiger partial charge in [0.25, 0.3) is 0 Å². The molecule has 1 aromatic carbocycles. The lowest BCUT2D eigenvalue weighted by Gasteiger charge is -2.36. The Morgan fingerprint density at radius 3 is 2.86 bits per heavy atom. The predicted octanol–water partition coefficient (Wildman–Crippen LogP) is 1.44. The number of aryl methyl sites for hydroxylation is 1. The maximum atomic E-state index is 13.0. The molecule has 29 heavy (non-hydrogen) atoms. The van der Waals surface area contributed by atoms with Crippen LogP contribution in [0.25, 0.3) is 0 Å². The Bertz CT molecular complexity index is 801. The van der Waals surface area contributed by atoms with E-state index >= 15 is 0 Å². The van der Waals surface area contributed by atoms with Crippen molar-refractivity contribution >= 4 is 17.7 Å². The Hall–Kier alpha value is -2.57. The van der Waals surface area contributed by atoms with Crippen molar-refractivity contribution in [1.29, 1.82) is 0 Å². The molecular weight excluding hydrogens is 370 g/mol. The number of aromatic hydroxyl groups is 1. The molecule has 3 heterocycles. The predicted molar refractivity (Wildman–Crippen MR) is 107 cm³/mol. The standard InChI is InChI=1S/C22H29N3O4/c26-18-4-1-3-16(13-18)5-8-20(28)25-11-2-9-22(25)10-12-24(15-22)21(29)17-6-7-19(27)23-14-17/h1,3-4,13,17,26H,2,5-12,14-15H2,(H,23,27)/t17-,22?/m1/s1. The van der Waals surface area contributed by atoms with Gasteiger partial charge in [0.1, 0.15) is 5.75 Å². The SMILES string of the molecule is O=C1CC[C@@H](C(=O)N2CCC3(CCCN3C(=O)CCc3cccc(O)c3)C2)CN1. The van der Waals surface area contributed by atoms with Crippen LogP contribution in [0.2, 0.25) is 0 Å². The number of rotatable bonds is 4. The van der Waals surface area contributed by atoms with Crippen LogP contribution in [-0.4, -0.2) is 64.3 Å². The molecular formula is C22H29N3O4. The second kappa shape index (κ2) is 8.05. The molecule has 7 nitrogen and oxygen atoms in total. The van der Waals surface area contributed by atoms with Crippen molar-refractivity contribution in [1.82, 2.24) is 15.1 Å². The summed E-state index contributed by atoms with van der Waals surface area (Å²) in [5.41, 5.74) is 0.720. The van der Waals surface area contributed by atoms with E-state index in [0.717, 1.165) is 31.4 Å². The first kappa shape index (κ1) is 19.7. The molecule has 2 N–H and O–H groups in total. The minimum absolute atomic E-state index is 0.0197. The van der Waals surface area contributed by atoms with Gasteiger partial charge in [-0.05, 0) is 49.8 Å². The smallest absolute Gasteiger partial charge is 0.227 e. The summed E-state index contributed by atoms with van der Waals surface area (Å²) < 4.78 is 0. The minimum atomic E-state index is -0.233. The fourth-order valence-corrected chi connectivity index (χ4v) is 5.10. The number of carbonyl (C=O) groups is 3. The summed E-state index contributed by atoms with van der Waals surface area (Å²) in [5.74, 6) is 0.341. The number of nitrogens with one attached hydrogen (secondary N) is 1. The highest BCUT2D eigenvalue weighted by molar-refractivity contribution is 5.84. The maximum Gasteiger partial charge on any atom is 0.227 e. The van der Waals surface area contributed by atoms with Crippen LogP contribution >= 0.6 is 0 Å². The number of hydrogen-bond acceptors (Lipinski definition) is 4. The zero-order valence-corrected chi connectivity index (χ0v) is 16.7. The zero-order valence-electron chi connectivity index (χ0n) is 16.7. The number of nitrogens with zero attached hydrogens (tertiary/aromatic N) is 2. The van der Waals surface area contributed by atoms with Gasteiger partial charge in [-0.3, -0.25) is 14.4 Å². The third-order valence-corrected chi connectivity index (χ3v) is 6.69. The highest BCUT2D eigenvalue weighted by Crippen LogP contribution is 2.39. The molecule has 3 aliphatic heterocycles. The van der Waals surface area contributed by atoms with Crippen LogP contribution in [0.1, 0.15) is 44.1 Å². The maximum absolute atomic E-state index is 13.0. The normalized spacial score (nSPS) is 26.8. The monoisotopic (exact) mass is 399 g/mol. The summed E-state index contributed by atoms with van der Waals surface area (Å²) in [6.45, 7) is 2.46. The number of hydrogen-bond donors (Lipinski definition) is 2. The second-order valence-electron chi connectivity index (χ2n) is 8.59. The molecule has 0 radical (unpaired) electrons. The summed E-state index contributed by atoms with van der Waals surface area (Å²) in [4.78, 5) is 41.2. The number of likely N-dealkylation sites (tertiary alicyclic amines) is 2. The van der Waals surface area contributed by atoms with Crippen LogP contribution in [0.5, 0.6) is 5.75 Å². The number of benzene rings is 1. The third kappa shape index (κ3) is 4.09. The van der Waals surface area contributed by atoms with Crippen molar-refractivity contribution in [2.45, 2.75) is 50.5 Å². The van der Waals surface area contributed by atoms with Crippen LogP contribution in [0.15, 0.2) is 24.3 Å². The molecule has 1 spiro atoms. The highest BCUT2D eigenvalue weighted by atomic mass is 16.3. The summed E-state index contributed by atoms with van der Waals surface area (Å²) in [6, 6.07) is 7.04. The van der Waals surface area contributed by atoms with Gasteiger partial charge in [-0.1, -0.05) is 12.1 Å². The van der Waals surface area contributed by atoms with Gasteiger partial charge in [0.05, 0.1) is 11.5 Å². The average molecular weight is 399 g/mol. The summed E-state index contributed by atoms with van der Waals surface area (Å²) >= 11 is 0. The molecule has 156 valence electrons. The first-order valence-corrected chi connectivity index (χ1v) is 10.6. The molecule has 1 unspecified atom stereocenters. The molecule has 0 saturated carbocycles. The quantitative estimate of drug-likeness (QED) is 0.802. The van der Waals surface area contributed by atoms with E-state index in [9.17, 15) is 19.5 Å². The summed E-state index contributed by atoms with van der Waals surface area (Å²) in [5, 5.41) is 12.4. The van der Waals surface area contributed by atoms with Crippen molar-refractivity contribution < 1.29 is 19.5 Å². The van der Waals surface area contributed by atoms with Crippen LogP contribution in [-0.2, 0) is 20.8 Å². The van der Waals surface area contributed by atoms with Crippen molar-refractivity contribution in [2.24, 2.45) is 5.92 Å². The van der Waals surface area contributed by atoms with Crippen molar-refractivity contribution in [3.05, 3.63) is 29.8 Å². The van der Waals surface area contributed by atoms with E-state index < -0.39 is 0 Å². The van der Waals surface area contributed by atoms with Gasteiger partial charge < -0.3 is 20.2 Å². The fourth-order valence-electron chi connectivity index (χ4n) is 5.10. The van der Waals surface area contributed by atoms with Gasteiger partial charge in [0.15, 0.2) is 0 Å². The van der Waals surface area contributed by atoms with E-state index in [1.807, 2.05) is 15.9 Å². The molecule has 0 aliphatic carbocycles. The van der Waals surface area contributed by atoms with E-state index in [4.69, 9.17) is 0 Å². The zero-order chi connectivity index (χ0) is 20.4. The molecule has 1 aromatic rings. The van der Waals surface area contributed by atoms with Crippen LogP contribution in [0.4, 0.5) is 0 Å². The fraction of sp³-hybridized carbons (Fsp3) is 0.591.